The molecule has 9 heteroatoms. The van der Waals surface area contributed by atoms with Gasteiger partial charge in [-0.3, -0.25) is 4.79 Å². The third-order valence-electron chi connectivity index (χ3n) is 4.18. The minimum absolute atomic E-state index is 0.208. The lowest BCUT2D eigenvalue weighted by Gasteiger charge is -2.29. The molecule has 25 heavy (non-hydrogen) atoms. The van der Waals surface area contributed by atoms with Crippen LogP contribution in [0.2, 0.25) is 0 Å². The van der Waals surface area contributed by atoms with Gasteiger partial charge in [0.2, 0.25) is 21.1 Å². The van der Waals surface area contributed by atoms with Gasteiger partial charge in [-0.15, -0.1) is 10.2 Å². The summed E-state index contributed by atoms with van der Waals surface area (Å²) >= 11 is 1.30. The van der Waals surface area contributed by atoms with E-state index in [2.05, 4.69) is 15.5 Å². The Balaban J connectivity index is 1.66. The van der Waals surface area contributed by atoms with Gasteiger partial charge in [0, 0.05) is 18.7 Å². The van der Waals surface area contributed by atoms with Gasteiger partial charge in [0.25, 0.3) is 0 Å². The number of nitrogens with one attached hydrogen (secondary N) is 1. The Morgan fingerprint density at radius 1 is 1.28 bits per heavy atom. The molecule has 0 saturated carbocycles. The van der Waals surface area contributed by atoms with Gasteiger partial charge >= 0.3 is 0 Å². The van der Waals surface area contributed by atoms with E-state index < -0.39 is 10.0 Å². The molecule has 1 amide bonds. The van der Waals surface area contributed by atoms with Gasteiger partial charge in [-0.05, 0) is 19.8 Å². The summed E-state index contributed by atoms with van der Waals surface area (Å²) in [6, 6.07) is 7.92. The Kier molecular flexibility index (Phi) is 5.16. The molecule has 3 rings (SSSR count). The second-order valence-electron chi connectivity index (χ2n) is 6.23. The lowest BCUT2D eigenvalue weighted by molar-refractivity contribution is -0.120. The van der Waals surface area contributed by atoms with Crippen LogP contribution in [-0.2, 0) is 14.8 Å². The molecule has 2 heterocycles. The van der Waals surface area contributed by atoms with Crippen LogP contribution in [0, 0.1) is 12.8 Å². The Morgan fingerprint density at radius 3 is 2.68 bits per heavy atom. The fraction of sp³-hybridized carbons (Fsp3) is 0.438. The summed E-state index contributed by atoms with van der Waals surface area (Å²) in [5, 5.41) is 12.1. The number of aryl methyl sites for hydroxylation is 1. The molecule has 1 aromatic carbocycles. The molecule has 1 aromatic heterocycles. The maximum Gasteiger partial charge on any atom is 0.230 e. The molecular formula is C16H20N4O3S2. The van der Waals surface area contributed by atoms with Gasteiger partial charge in [0.1, 0.15) is 5.01 Å². The third-order valence-corrected chi connectivity index (χ3v) is 6.34. The molecule has 1 N–H and O–H groups in total. The summed E-state index contributed by atoms with van der Waals surface area (Å²) in [6.07, 6.45) is 2.52. The van der Waals surface area contributed by atoms with Crippen LogP contribution in [0.1, 0.15) is 18.4 Å². The average molecular weight is 380 g/mol. The highest BCUT2D eigenvalue weighted by Gasteiger charge is 2.30. The topological polar surface area (TPSA) is 92.3 Å². The van der Waals surface area contributed by atoms with E-state index in [0.29, 0.717) is 24.5 Å². The molecule has 0 radical (unpaired) electrons. The Bertz CT molecular complexity index is 862. The lowest BCUT2D eigenvalue weighted by atomic mass is 9.99. The van der Waals surface area contributed by atoms with Gasteiger partial charge in [0.15, 0.2) is 0 Å². The van der Waals surface area contributed by atoms with Crippen molar-refractivity contribution in [2.45, 2.75) is 19.8 Å². The van der Waals surface area contributed by atoms with Crippen LogP contribution in [0.4, 0.5) is 5.13 Å². The van der Waals surface area contributed by atoms with Crippen LogP contribution in [0.25, 0.3) is 10.6 Å². The van der Waals surface area contributed by atoms with Gasteiger partial charge in [-0.2, -0.15) is 0 Å². The molecule has 1 unspecified atom stereocenters. The molecule has 0 spiro atoms. The number of sulfonamides is 1. The average Bonchev–Trinajstić information content (AvgIpc) is 3.03. The number of nitrogens with zero attached hydrogens (tertiary/aromatic N) is 3. The van der Waals surface area contributed by atoms with E-state index in [9.17, 15) is 13.2 Å². The van der Waals surface area contributed by atoms with Crippen molar-refractivity contribution >= 4 is 32.4 Å². The third kappa shape index (κ3) is 4.42. The molecule has 0 aliphatic carbocycles. The minimum Gasteiger partial charge on any atom is -0.300 e. The second-order valence-corrected chi connectivity index (χ2v) is 9.19. The molecule has 1 atom stereocenters. The minimum atomic E-state index is -3.27. The van der Waals surface area contributed by atoms with Crippen LogP contribution in [-0.4, -0.2) is 48.2 Å². The predicted molar refractivity (Wildman–Crippen MR) is 97.9 cm³/mol. The number of aromatic nitrogens is 2. The zero-order valence-corrected chi connectivity index (χ0v) is 15.7. The van der Waals surface area contributed by atoms with Crippen molar-refractivity contribution in [3.05, 3.63) is 29.8 Å². The van der Waals surface area contributed by atoms with Crippen molar-refractivity contribution in [2.24, 2.45) is 5.92 Å². The van der Waals surface area contributed by atoms with Crippen molar-refractivity contribution in [2.75, 3.05) is 24.7 Å². The zero-order valence-electron chi connectivity index (χ0n) is 14.1. The number of rotatable bonds is 4. The first-order valence-corrected chi connectivity index (χ1v) is 10.7. The normalized spacial score (nSPS) is 18.9. The van der Waals surface area contributed by atoms with Crippen molar-refractivity contribution in [3.63, 3.8) is 0 Å². The number of piperidine rings is 1. The molecule has 1 aliphatic rings. The largest absolute Gasteiger partial charge is 0.300 e. The van der Waals surface area contributed by atoms with Crippen molar-refractivity contribution in [1.29, 1.82) is 0 Å². The molecule has 2 aromatic rings. The number of carbonyl (C=O) groups is 1. The lowest BCUT2D eigenvalue weighted by Crippen LogP contribution is -2.43. The van der Waals surface area contributed by atoms with Gasteiger partial charge in [0.05, 0.1) is 12.2 Å². The fourth-order valence-corrected chi connectivity index (χ4v) is 4.42. The first-order valence-electron chi connectivity index (χ1n) is 7.99. The quantitative estimate of drug-likeness (QED) is 0.877. The first-order chi connectivity index (χ1) is 11.8. The summed E-state index contributed by atoms with van der Waals surface area (Å²) in [4.78, 5) is 12.4. The van der Waals surface area contributed by atoms with E-state index in [1.54, 1.807) is 0 Å². The number of hydrogen-bond acceptors (Lipinski definition) is 6. The fourth-order valence-electron chi connectivity index (χ4n) is 2.75. The van der Waals surface area contributed by atoms with Crippen LogP contribution >= 0.6 is 11.3 Å². The highest BCUT2D eigenvalue weighted by Crippen LogP contribution is 2.27. The second kappa shape index (κ2) is 7.19. The summed E-state index contributed by atoms with van der Waals surface area (Å²) in [5.41, 5.74) is 2.11. The molecule has 1 aliphatic heterocycles. The van der Waals surface area contributed by atoms with E-state index in [-0.39, 0.29) is 18.4 Å². The smallest absolute Gasteiger partial charge is 0.230 e. The maximum absolute atomic E-state index is 12.4. The number of carbonyl (C=O) groups excluding carboxylic acids is 1. The van der Waals surface area contributed by atoms with Crippen LogP contribution < -0.4 is 5.32 Å². The molecule has 134 valence electrons. The number of anilines is 1. The highest BCUT2D eigenvalue weighted by molar-refractivity contribution is 7.88. The Hall–Kier alpha value is -1.84. The summed E-state index contributed by atoms with van der Waals surface area (Å²) in [5.74, 6) is -0.574. The van der Waals surface area contributed by atoms with E-state index in [1.165, 1.54) is 21.9 Å². The number of hydrogen-bond donors (Lipinski definition) is 1. The summed E-state index contributed by atoms with van der Waals surface area (Å²) in [6.45, 7) is 2.70. The Morgan fingerprint density at radius 2 is 2.00 bits per heavy atom. The standard InChI is InChI=1S/C16H20N4O3S2/c1-11-5-7-12(8-6-11)15-18-19-16(24-15)17-14(21)13-4-3-9-20(10-13)25(2,22)23/h5-8,13H,3-4,9-10H2,1-2H3,(H,17,19,21). The molecular weight excluding hydrogens is 360 g/mol. The maximum atomic E-state index is 12.4. The molecule has 1 saturated heterocycles. The van der Waals surface area contributed by atoms with E-state index >= 15 is 0 Å². The first kappa shape index (κ1) is 18.0. The Labute approximate surface area is 151 Å². The summed E-state index contributed by atoms with van der Waals surface area (Å²) in [7, 11) is -3.27. The number of amides is 1. The highest BCUT2D eigenvalue weighted by atomic mass is 32.2. The van der Waals surface area contributed by atoms with Crippen molar-refractivity contribution < 1.29 is 13.2 Å². The monoisotopic (exact) mass is 380 g/mol. The zero-order chi connectivity index (χ0) is 18.0. The van der Waals surface area contributed by atoms with Gasteiger partial charge in [-0.1, -0.05) is 41.2 Å². The predicted octanol–water partition coefficient (Wildman–Crippen LogP) is 2.12. The summed E-state index contributed by atoms with van der Waals surface area (Å²) < 4.78 is 24.7. The van der Waals surface area contributed by atoms with Crippen LogP contribution in [0.15, 0.2) is 24.3 Å². The molecule has 0 bridgehead atoms. The molecule has 7 nitrogen and oxygen atoms in total. The number of benzene rings is 1. The van der Waals surface area contributed by atoms with Crippen molar-refractivity contribution in [3.8, 4) is 10.6 Å². The molecule has 1 fully saturated rings. The van der Waals surface area contributed by atoms with Gasteiger partial charge < -0.3 is 5.32 Å². The van der Waals surface area contributed by atoms with E-state index in [1.807, 2.05) is 31.2 Å². The van der Waals surface area contributed by atoms with E-state index in [4.69, 9.17) is 0 Å². The van der Waals surface area contributed by atoms with Crippen LogP contribution in [0.5, 0.6) is 0 Å². The van der Waals surface area contributed by atoms with Crippen LogP contribution in [0.3, 0.4) is 0 Å². The SMILES string of the molecule is Cc1ccc(-c2nnc(NC(=O)C3CCCN(S(C)(=O)=O)C3)s2)cc1. The van der Waals surface area contributed by atoms with Gasteiger partial charge in [-0.25, -0.2) is 12.7 Å². The van der Waals surface area contributed by atoms with E-state index in [0.717, 1.165) is 16.1 Å². The van der Waals surface area contributed by atoms with Crippen molar-refractivity contribution in [1.82, 2.24) is 14.5 Å².